The molecule has 3 heteroatoms. The van der Waals surface area contributed by atoms with Crippen molar-refractivity contribution in [2.24, 2.45) is 4.99 Å². The SMILES string of the molecule is O=C=NC(CBr)c1ccccc1. The highest BCUT2D eigenvalue weighted by Gasteiger charge is 2.05. The Kier molecular flexibility index (Phi) is 3.71. The van der Waals surface area contributed by atoms with E-state index in [1.54, 1.807) is 6.08 Å². The van der Waals surface area contributed by atoms with Crippen molar-refractivity contribution in [3.05, 3.63) is 35.9 Å². The largest absolute Gasteiger partial charge is 0.235 e. The molecule has 62 valence electrons. The topological polar surface area (TPSA) is 29.4 Å². The second-order valence-corrected chi connectivity index (χ2v) is 2.95. The lowest BCUT2D eigenvalue weighted by Gasteiger charge is -2.05. The summed E-state index contributed by atoms with van der Waals surface area (Å²) in [5, 5.41) is 0.645. The highest BCUT2D eigenvalue weighted by Crippen LogP contribution is 2.18. The number of nitrogens with zero attached hydrogens (tertiary/aromatic N) is 1. The van der Waals surface area contributed by atoms with Crippen LogP contribution in [0.1, 0.15) is 11.6 Å². The fourth-order valence-corrected chi connectivity index (χ4v) is 1.46. The van der Waals surface area contributed by atoms with Gasteiger partial charge in [0.25, 0.3) is 0 Å². The minimum absolute atomic E-state index is 0.108. The van der Waals surface area contributed by atoms with Crippen LogP contribution in [0, 0.1) is 0 Å². The summed E-state index contributed by atoms with van der Waals surface area (Å²) >= 11 is 3.28. The van der Waals surface area contributed by atoms with Gasteiger partial charge in [0.05, 0.1) is 6.04 Å². The molecule has 0 heterocycles. The summed E-state index contributed by atoms with van der Waals surface area (Å²) in [5.41, 5.74) is 1.03. The van der Waals surface area contributed by atoms with Crippen LogP contribution in [0.5, 0.6) is 0 Å². The van der Waals surface area contributed by atoms with E-state index < -0.39 is 0 Å². The van der Waals surface area contributed by atoms with E-state index in [0.717, 1.165) is 5.56 Å². The average Bonchev–Trinajstić information content (AvgIpc) is 2.15. The van der Waals surface area contributed by atoms with Crippen molar-refractivity contribution >= 4 is 22.0 Å². The van der Waals surface area contributed by atoms with Crippen LogP contribution in [-0.4, -0.2) is 11.4 Å². The van der Waals surface area contributed by atoms with E-state index >= 15 is 0 Å². The maximum Gasteiger partial charge on any atom is 0.235 e. The predicted octanol–water partition coefficient (Wildman–Crippen LogP) is 2.46. The average molecular weight is 226 g/mol. The molecule has 0 saturated carbocycles. The summed E-state index contributed by atoms with van der Waals surface area (Å²) in [6.45, 7) is 0. The number of benzene rings is 1. The molecule has 1 unspecified atom stereocenters. The molecule has 0 N–H and O–H groups in total. The molecule has 0 fully saturated rings. The summed E-state index contributed by atoms with van der Waals surface area (Å²) in [5.74, 6) is 0. The van der Waals surface area contributed by atoms with Gasteiger partial charge in [-0.3, -0.25) is 0 Å². The van der Waals surface area contributed by atoms with Crippen LogP contribution in [0.2, 0.25) is 0 Å². The first-order chi connectivity index (χ1) is 5.88. The molecule has 12 heavy (non-hydrogen) atoms. The Morgan fingerprint density at radius 1 is 1.42 bits per heavy atom. The zero-order chi connectivity index (χ0) is 8.81. The maximum atomic E-state index is 10.0. The molecule has 0 saturated heterocycles. The van der Waals surface area contributed by atoms with Gasteiger partial charge in [-0.25, -0.2) is 4.79 Å². The van der Waals surface area contributed by atoms with Gasteiger partial charge in [-0.15, -0.1) is 0 Å². The molecule has 0 aliphatic rings. The van der Waals surface area contributed by atoms with Gasteiger partial charge in [-0.1, -0.05) is 46.3 Å². The summed E-state index contributed by atoms with van der Waals surface area (Å²) in [6.07, 6.45) is 1.56. The van der Waals surface area contributed by atoms with Crippen LogP contribution in [0.3, 0.4) is 0 Å². The van der Waals surface area contributed by atoms with E-state index in [9.17, 15) is 4.79 Å². The quantitative estimate of drug-likeness (QED) is 0.442. The Bertz CT molecular complexity index is 280. The van der Waals surface area contributed by atoms with Crippen LogP contribution in [-0.2, 0) is 4.79 Å². The van der Waals surface area contributed by atoms with Crippen LogP contribution in [0.4, 0.5) is 0 Å². The van der Waals surface area contributed by atoms with Crippen molar-refractivity contribution in [1.82, 2.24) is 0 Å². The lowest BCUT2D eigenvalue weighted by atomic mass is 10.1. The van der Waals surface area contributed by atoms with Gasteiger partial charge in [-0.2, -0.15) is 4.99 Å². The standard InChI is InChI=1S/C9H8BrNO/c10-6-9(11-7-12)8-4-2-1-3-5-8/h1-5,9H,6H2. The second-order valence-electron chi connectivity index (χ2n) is 2.30. The molecular formula is C9H8BrNO. The molecule has 0 amide bonds. The van der Waals surface area contributed by atoms with Gasteiger partial charge in [0, 0.05) is 5.33 Å². The monoisotopic (exact) mass is 225 g/mol. The molecule has 0 aliphatic carbocycles. The Morgan fingerprint density at radius 3 is 2.58 bits per heavy atom. The summed E-state index contributed by atoms with van der Waals surface area (Å²) in [7, 11) is 0. The third-order valence-electron chi connectivity index (χ3n) is 1.54. The first-order valence-electron chi connectivity index (χ1n) is 3.56. The molecule has 1 rings (SSSR count). The number of isocyanates is 1. The van der Waals surface area contributed by atoms with E-state index in [2.05, 4.69) is 20.9 Å². The van der Waals surface area contributed by atoms with Gasteiger partial charge >= 0.3 is 0 Å². The molecule has 1 aromatic rings. The highest BCUT2D eigenvalue weighted by atomic mass is 79.9. The Balaban J connectivity index is 2.87. The highest BCUT2D eigenvalue weighted by molar-refractivity contribution is 9.09. The first kappa shape index (κ1) is 9.17. The van der Waals surface area contributed by atoms with Gasteiger partial charge in [-0.05, 0) is 5.56 Å². The molecule has 1 atom stereocenters. The van der Waals surface area contributed by atoms with E-state index in [-0.39, 0.29) is 6.04 Å². The number of aliphatic imine (C=N–C) groups is 1. The van der Waals surface area contributed by atoms with E-state index in [4.69, 9.17) is 0 Å². The molecule has 2 nitrogen and oxygen atoms in total. The number of carbonyl (C=O) groups excluding carboxylic acids is 1. The predicted molar refractivity (Wildman–Crippen MR) is 51.1 cm³/mol. The second kappa shape index (κ2) is 4.86. The molecular weight excluding hydrogens is 218 g/mol. The van der Waals surface area contributed by atoms with Crippen molar-refractivity contribution in [3.8, 4) is 0 Å². The smallest absolute Gasteiger partial charge is 0.211 e. The number of halogens is 1. The summed E-state index contributed by atoms with van der Waals surface area (Å²) in [6, 6.07) is 9.54. The molecule has 0 aromatic heterocycles. The minimum atomic E-state index is -0.108. The van der Waals surface area contributed by atoms with Crippen molar-refractivity contribution in [3.63, 3.8) is 0 Å². The van der Waals surface area contributed by atoms with Crippen molar-refractivity contribution < 1.29 is 4.79 Å². The summed E-state index contributed by atoms with van der Waals surface area (Å²) in [4.78, 5) is 13.7. The number of hydrogen-bond acceptors (Lipinski definition) is 2. The first-order valence-corrected chi connectivity index (χ1v) is 4.68. The normalized spacial score (nSPS) is 11.8. The number of rotatable bonds is 3. The van der Waals surface area contributed by atoms with Crippen molar-refractivity contribution in [2.75, 3.05) is 5.33 Å². The Morgan fingerprint density at radius 2 is 2.08 bits per heavy atom. The fraction of sp³-hybridized carbons (Fsp3) is 0.222. The van der Waals surface area contributed by atoms with E-state index in [1.165, 1.54) is 0 Å². The van der Waals surface area contributed by atoms with Gasteiger partial charge in [0.2, 0.25) is 6.08 Å². The van der Waals surface area contributed by atoms with E-state index in [0.29, 0.717) is 5.33 Å². The molecule has 0 spiro atoms. The van der Waals surface area contributed by atoms with Crippen molar-refractivity contribution in [2.45, 2.75) is 6.04 Å². The third kappa shape index (κ3) is 2.29. The lowest BCUT2D eigenvalue weighted by molar-refractivity contribution is 0.560. The van der Waals surface area contributed by atoms with Crippen molar-refractivity contribution in [1.29, 1.82) is 0 Å². The number of alkyl halides is 1. The Labute approximate surface area is 79.5 Å². The zero-order valence-corrected chi connectivity index (χ0v) is 7.99. The van der Waals surface area contributed by atoms with Crippen LogP contribution >= 0.6 is 15.9 Å². The molecule has 1 aromatic carbocycles. The van der Waals surface area contributed by atoms with E-state index in [1.807, 2.05) is 30.3 Å². The fourth-order valence-electron chi connectivity index (χ4n) is 0.937. The molecule has 0 radical (unpaired) electrons. The molecule has 0 aliphatic heterocycles. The van der Waals surface area contributed by atoms with Crippen LogP contribution in [0.25, 0.3) is 0 Å². The molecule has 0 bridgehead atoms. The van der Waals surface area contributed by atoms with Crippen LogP contribution in [0.15, 0.2) is 35.3 Å². The maximum absolute atomic E-state index is 10.0. The Hall–Kier alpha value is -0.920. The lowest BCUT2D eigenvalue weighted by Crippen LogP contribution is -1.95. The minimum Gasteiger partial charge on any atom is -0.211 e. The van der Waals surface area contributed by atoms with Crippen LogP contribution < -0.4 is 0 Å². The van der Waals surface area contributed by atoms with Gasteiger partial charge in [0.15, 0.2) is 0 Å². The number of hydrogen-bond donors (Lipinski definition) is 0. The third-order valence-corrected chi connectivity index (χ3v) is 2.15. The van der Waals surface area contributed by atoms with Gasteiger partial charge < -0.3 is 0 Å². The zero-order valence-electron chi connectivity index (χ0n) is 6.40. The van der Waals surface area contributed by atoms with Gasteiger partial charge in [0.1, 0.15) is 0 Å². The summed E-state index contributed by atoms with van der Waals surface area (Å²) < 4.78 is 0.